The van der Waals surface area contributed by atoms with E-state index in [0.29, 0.717) is 18.7 Å². The summed E-state index contributed by atoms with van der Waals surface area (Å²) in [4.78, 5) is 19.1. The Bertz CT molecular complexity index is 650. The number of likely N-dealkylation sites (N-methyl/N-ethyl adjacent to an activating group) is 1. The van der Waals surface area contributed by atoms with Crippen molar-refractivity contribution in [2.24, 2.45) is 11.8 Å². The molecule has 1 aromatic rings. The Kier molecular flexibility index (Phi) is 6.78. The maximum absolute atomic E-state index is 13.7. The van der Waals surface area contributed by atoms with Crippen molar-refractivity contribution in [1.82, 2.24) is 14.7 Å². The lowest BCUT2D eigenvalue weighted by molar-refractivity contribution is -0.130. The second kappa shape index (κ2) is 9.08. The number of carbonyl (C=O) groups excluding carboxylic acids is 1. The van der Waals surface area contributed by atoms with Crippen molar-refractivity contribution in [3.63, 3.8) is 0 Å². The van der Waals surface area contributed by atoms with Crippen molar-refractivity contribution >= 4 is 5.91 Å². The molecule has 1 amide bonds. The third kappa shape index (κ3) is 5.24. The molecule has 0 spiro atoms. The van der Waals surface area contributed by atoms with Gasteiger partial charge in [-0.15, -0.1) is 0 Å². The minimum Gasteiger partial charge on any atom is -0.396 e. The molecule has 2 atom stereocenters. The summed E-state index contributed by atoms with van der Waals surface area (Å²) in [5, 5.41) is 9.73. The van der Waals surface area contributed by atoms with Gasteiger partial charge in [0.1, 0.15) is 11.6 Å². The van der Waals surface area contributed by atoms with E-state index in [2.05, 4.69) is 16.8 Å². The lowest BCUT2D eigenvalue weighted by Gasteiger charge is -2.34. The van der Waals surface area contributed by atoms with Gasteiger partial charge in [-0.2, -0.15) is 0 Å². The van der Waals surface area contributed by atoms with Crippen molar-refractivity contribution in [3.8, 4) is 0 Å². The molecule has 150 valence electrons. The Labute approximate surface area is 159 Å². The molecule has 1 aromatic carbocycles. The van der Waals surface area contributed by atoms with E-state index in [0.717, 1.165) is 38.8 Å². The minimum absolute atomic E-state index is 0.0296. The minimum atomic E-state index is -0.611. The topological polar surface area (TPSA) is 47.0 Å². The quantitative estimate of drug-likeness (QED) is 0.805. The highest BCUT2D eigenvalue weighted by atomic mass is 19.1. The number of nitrogens with zero attached hydrogens (tertiary/aromatic N) is 3. The van der Waals surface area contributed by atoms with Crippen LogP contribution in [0.5, 0.6) is 0 Å². The molecule has 2 fully saturated rings. The van der Waals surface area contributed by atoms with Crippen LogP contribution < -0.4 is 0 Å². The molecule has 0 unspecified atom stereocenters. The van der Waals surface area contributed by atoms with Crippen molar-refractivity contribution < 1.29 is 18.7 Å². The monoisotopic (exact) mass is 381 g/mol. The van der Waals surface area contributed by atoms with Gasteiger partial charge in [-0.1, -0.05) is 6.07 Å². The molecule has 1 N–H and O–H groups in total. The van der Waals surface area contributed by atoms with Gasteiger partial charge in [0, 0.05) is 70.8 Å². The van der Waals surface area contributed by atoms with Gasteiger partial charge in [-0.05, 0) is 31.0 Å². The van der Waals surface area contributed by atoms with E-state index in [4.69, 9.17) is 0 Å². The SMILES string of the molecule is CN1CCN(C[C@@H]2CN(C(=O)CCc3ccc(F)cc3F)C[C@@H]2CO)CC1. The van der Waals surface area contributed by atoms with Crippen LogP contribution in [0.3, 0.4) is 0 Å². The highest BCUT2D eigenvalue weighted by Crippen LogP contribution is 2.25. The van der Waals surface area contributed by atoms with Gasteiger partial charge in [0.05, 0.1) is 0 Å². The lowest BCUT2D eigenvalue weighted by atomic mass is 9.96. The number of halogens is 2. The molecule has 2 saturated heterocycles. The molecule has 0 bridgehead atoms. The average molecular weight is 381 g/mol. The fourth-order valence-corrected chi connectivity index (χ4v) is 4.04. The summed E-state index contributed by atoms with van der Waals surface area (Å²) in [5.74, 6) is -0.885. The summed E-state index contributed by atoms with van der Waals surface area (Å²) >= 11 is 0. The van der Waals surface area contributed by atoms with Crippen LogP contribution in [0, 0.1) is 23.5 Å². The van der Waals surface area contributed by atoms with Crippen LogP contribution in [-0.4, -0.2) is 85.2 Å². The zero-order valence-corrected chi connectivity index (χ0v) is 15.9. The molecule has 2 heterocycles. The van der Waals surface area contributed by atoms with E-state index in [9.17, 15) is 18.7 Å². The zero-order valence-electron chi connectivity index (χ0n) is 15.9. The first-order valence-electron chi connectivity index (χ1n) is 9.69. The van der Waals surface area contributed by atoms with E-state index in [1.54, 1.807) is 4.90 Å². The number of hydrogen-bond donors (Lipinski definition) is 1. The standard InChI is InChI=1S/C20H29F2N3O2/c1-23-6-8-24(9-7-23)11-16-12-25(13-17(16)14-26)20(27)5-3-15-2-4-18(21)10-19(15)22/h2,4,10,16-17,26H,3,5-9,11-14H2,1H3/t16-,17-/m1/s1. The van der Waals surface area contributed by atoms with Gasteiger partial charge in [-0.25, -0.2) is 8.78 Å². The Balaban J connectivity index is 1.51. The molecule has 2 aliphatic heterocycles. The van der Waals surface area contributed by atoms with Crippen molar-refractivity contribution in [2.75, 3.05) is 59.5 Å². The van der Waals surface area contributed by atoms with Gasteiger partial charge >= 0.3 is 0 Å². The van der Waals surface area contributed by atoms with Gasteiger partial charge < -0.3 is 19.8 Å². The average Bonchev–Trinajstić information content (AvgIpc) is 3.05. The van der Waals surface area contributed by atoms with E-state index in [1.165, 1.54) is 12.1 Å². The van der Waals surface area contributed by atoms with Gasteiger partial charge in [0.15, 0.2) is 0 Å². The summed E-state index contributed by atoms with van der Waals surface area (Å²) in [6.07, 6.45) is 0.455. The summed E-state index contributed by atoms with van der Waals surface area (Å²) in [6.45, 7) is 6.29. The highest BCUT2D eigenvalue weighted by molar-refractivity contribution is 5.76. The van der Waals surface area contributed by atoms with Crippen LogP contribution in [0.4, 0.5) is 8.78 Å². The van der Waals surface area contributed by atoms with E-state index in [-0.39, 0.29) is 37.2 Å². The molecule has 27 heavy (non-hydrogen) atoms. The molecule has 3 rings (SSSR count). The number of hydrogen-bond acceptors (Lipinski definition) is 4. The Morgan fingerprint density at radius 3 is 2.52 bits per heavy atom. The fourth-order valence-electron chi connectivity index (χ4n) is 4.04. The predicted octanol–water partition coefficient (Wildman–Crippen LogP) is 1.21. The summed E-state index contributed by atoms with van der Waals surface area (Å²) < 4.78 is 26.7. The highest BCUT2D eigenvalue weighted by Gasteiger charge is 2.35. The Morgan fingerprint density at radius 2 is 1.85 bits per heavy atom. The summed E-state index contributed by atoms with van der Waals surface area (Å²) in [6, 6.07) is 3.46. The molecule has 7 heteroatoms. The molecule has 0 aliphatic carbocycles. The van der Waals surface area contributed by atoms with Gasteiger partial charge in [0.25, 0.3) is 0 Å². The molecular formula is C20H29F2N3O2. The van der Waals surface area contributed by atoms with Crippen LogP contribution in [0.1, 0.15) is 12.0 Å². The van der Waals surface area contributed by atoms with Crippen molar-refractivity contribution in [2.45, 2.75) is 12.8 Å². The van der Waals surface area contributed by atoms with Crippen LogP contribution in [-0.2, 0) is 11.2 Å². The molecule has 2 aliphatic rings. The van der Waals surface area contributed by atoms with Crippen molar-refractivity contribution in [1.29, 1.82) is 0 Å². The number of rotatable bonds is 6. The number of piperazine rings is 1. The van der Waals surface area contributed by atoms with Crippen LogP contribution in [0.25, 0.3) is 0 Å². The first-order valence-corrected chi connectivity index (χ1v) is 9.69. The Morgan fingerprint density at radius 1 is 1.15 bits per heavy atom. The number of aliphatic hydroxyl groups is 1. The van der Waals surface area contributed by atoms with Crippen LogP contribution in [0.2, 0.25) is 0 Å². The number of likely N-dealkylation sites (tertiary alicyclic amines) is 1. The number of benzene rings is 1. The lowest BCUT2D eigenvalue weighted by Crippen LogP contribution is -2.47. The molecule has 0 saturated carbocycles. The molecule has 0 aromatic heterocycles. The van der Waals surface area contributed by atoms with Crippen LogP contribution >= 0.6 is 0 Å². The summed E-state index contributed by atoms with van der Waals surface area (Å²) in [5.41, 5.74) is 0.358. The normalized spacial score (nSPS) is 24.5. The fraction of sp³-hybridized carbons (Fsp3) is 0.650. The maximum Gasteiger partial charge on any atom is 0.222 e. The number of carbonyl (C=O) groups is 1. The molecule has 5 nitrogen and oxygen atoms in total. The van der Waals surface area contributed by atoms with Gasteiger partial charge in [-0.3, -0.25) is 4.79 Å². The first kappa shape index (κ1) is 20.2. The third-order valence-corrected chi connectivity index (χ3v) is 5.88. The van der Waals surface area contributed by atoms with E-state index < -0.39 is 11.6 Å². The second-order valence-corrected chi connectivity index (χ2v) is 7.84. The predicted molar refractivity (Wildman–Crippen MR) is 99.3 cm³/mol. The second-order valence-electron chi connectivity index (χ2n) is 7.84. The van der Waals surface area contributed by atoms with Gasteiger partial charge in [0.2, 0.25) is 5.91 Å². The third-order valence-electron chi connectivity index (χ3n) is 5.88. The van der Waals surface area contributed by atoms with E-state index >= 15 is 0 Å². The zero-order chi connectivity index (χ0) is 19.4. The first-order chi connectivity index (χ1) is 13.0. The smallest absolute Gasteiger partial charge is 0.222 e. The molecular weight excluding hydrogens is 352 g/mol. The van der Waals surface area contributed by atoms with Crippen LogP contribution in [0.15, 0.2) is 18.2 Å². The number of amides is 1. The largest absolute Gasteiger partial charge is 0.396 e. The van der Waals surface area contributed by atoms with E-state index in [1.807, 2.05) is 0 Å². The number of aliphatic hydroxyl groups excluding tert-OH is 1. The number of aryl methyl sites for hydroxylation is 1. The molecule has 0 radical (unpaired) electrons. The summed E-state index contributed by atoms with van der Waals surface area (Å²) in [7, 11) is 2.12. The Hall–Kier alpha value is -1.57. The maximum atomic E-state index is 13.7. The van der Waals surface area contributed by atoms with Crippen molar-refractivity contribution in [3.05, 3.63) is 35.4 Å².